The zero-order valence-corrected chi connectivity index (χ0v) is 20.8. The van der Waals surface area contributed by atoms with Gasteiger partial charge >= 0.3 is 0 Å². The van der Waals surface area contributed by atoms with Gasteiger partial charge in [0.05, 0.1) is 0 Å². The van der Waals surface area contributed by atoms with Crippen molar-refractivity contribution in [1.29, 1.82) is 0 Å². The number of nitrogens with one attached hydrogen (secondary N) is 1. The Morgan fingerprint density at radius 3 is 2.16 bits per heavy atom. The first-order valence-corrected chi connectivity index (χ1v) is 11.7. The van der Waals surface area contributed by atoms with Crippen molar-refractivity contribution in [2.24, 2.45) is 0 Å². The van der Waals surface area contributed by atoms with Crippen molar-refractivity contribution in [3.8, 4) is 0 Å². The molecule has 0 saturated heterocycles. The van der Waals surface area contributed by atoms with E-state index in [1.165, 1.54) is 18.4 Å². The Labute approximate surface area is 191 Å². The molecule has 2 heteroatoms. The molecular weight excluding hydrogens is 378 g/mol. The molecule has 0 aliphatic rings. The summed E-state index contributed by atoms with van der Waals surface area (Å²) in [7, 11) is 1.87. The Morgan fingerprint density at radius 1 is 1.03 bits per heavy atom. The average Bonchev–Trinajstić information content (AvgIpc) is 2.78. The highest BCUT2D eigenvalue weighted by atomic mass is 16.1. The first-order valence-electron chi connectivity index (χ1n) is 11.7. The number of carbonyl (C=O) groups excluding carboxylic acids is 1. The lowest BCUT2D eigenvalue weighted by Crippen LogP contribution is -2.12. The van der Waals surface area contributed by atoms with Gasteiger partial charge in [0.2, 0.25) is 0 Å². The molecule has 0 saturated carbocycles. The minimum absolute atomic E-state index is 0.0698. The highest BCUT2D eigenvalue weighted by Gasteiger charge is 2.07. The lowest BCUT2D eigenvalue weighted by atomic mass is 10.00. The largest absolute Gasteiger partial charge is 0.391 e. The summed E-state index contributed by atoms with van der Waals surface area (Å²) >= 11 is 0. The van der Waals surface area contributed by atoms with Gasteiger partial charge in [0, 0.05) is 18.3 Å². The van der Waals surface area contributed by atoms with Gasteiger partial charge in [0.15, 0.2) is 5.78 Å². The summed E-state index contributed by atoms with van der Waals surface area (Å²) in [5.41, 5.74) is 6.17. The molecule has 1 N–H and O–H groups in total. The van der Waals surface area contributed by atoms with Crippen LogP contribution in [0.4, 0.5) is 0 Å². The lowest BCUT2D eigenvalue weighted by molar-refractivity contribution is -0.113. The minimum atomic E-state index is 0.0698. The van der Waals surface area contributed by atoms with Crippen LogP contribution < -0.4 is 5.32 Å². The van der Waals surface area contributed by atoms with E-state index in [2.05, 4.69) is 56.1 Å². The predicted molar refractivity (Wildman–Crippen MR) is 139 cm³/mol. The van der Waals surface area contributed by atoms with Gasteiger partial charge in [-0.15, -0.1) is 0 Å². The number of rotatable bonds is 12. The van der Waals surface area contributed by atoms with E-state index < -0.39 is 0 Å². The summed E-state index contributed by atoms with van der Waals surface area (Å²) in [6.07, 6.45) is 15.4. The van der Waals surface area contributed by atoms with E-state index >= 15 is 0 Å². The average molecular weight is 422 g/mol. The van der Waals surface area contributed by atoms with Crippen LogP contribution in [-0.2, 0) is 11.2 Å². The quantitative estimate of drug-likeness (QED) is 0.274. The van der Waals surface area contributed by atoms with Gasteiger partial charge < -0.3 is 5.32 Å². The molecule has 0 fully saturated rings. The Hall–Kier alpha value is -2.61. The SMILES string of the molecule is C=C(/C=C(\C=C/C)/C=C/C(C(C)=O)=C(/CCC)NC)c1ccc(CCCC)cc1.CC. The number of unbranched alkanes of at least 4 members (excludes halogenated alkanes) is 1. The number of ketones is 1. The highest BCUT2D eigenvalue weighted by Crippen LogP contribution is 2.19. The predicted octanol–water partition coefficient (Wildman–Crippen LogP) is 7.99. The van der Waals surface area contributed by atoms with Crippen molar-refractivity contribution in [3.63, 3.8) is 0 Å². The zero-order chi connectivity index (χ0) is 23.6. The van der Waals surface area contributed by atoms with E-state index in [1.54, 1.807) is 6.92 Å². The molecule has 170 valence electrons. The van der Waals surface area contributed by atoms with Gasteiger partial charge in [-0.05, 0) is 67.5 Å². The van der Waals surface area contributed by atoms with Crippen molar-refractivity contribution in [1.82, 2.24) is 5.32 Å². The maximum atomic E-state index is 12.1. The first kappa shape index (κ1) is 28.4. The molecule has 0 spiro atoms. The van der Waals surface area contributed by atoms with Crippen LogP contribution >= 0.6 is 0 Å². The molecule has 0 atom stereocenters. The summed E-state index contributed by atoms with van der Waals surface area (Å²) in [6, 6.07) is 8.66. The molecule has 0 aliphatic heterocycles. The molecule has 31 heavy (non-hydrogen) atoms. The Kier molecular flexibility index (Phi) is 15.7. The van der Waals surface area contributed by atoms with E-state index in [1.807, 2.05) is 52.1 Å². The van der Waals surface area contributed by atoms with Gasteiger partial charge in [-0.2, -0.15) is 0 Å². The fraction of sp³-hybridized carbons (Fsp3) is 0.414. The molecule has 1 aromatic carbocycles. The van der Waals surface area contributed by atoms with E-state index in [9.17, 15) is 4.79 Å². The second kappa shape index (κ2) is 17.1. The third kappa shape index (κ3) is 10.8. The van der Waals surface area contributed by atoms with Gasteiger partial charge in [0.25, 0.3) is 0 Å². The zero-order valence-electron chi connectivity index (χ0n) is 20.8. The van der Waals surface area contributed by atoms with Crippen LogP contribution in [-0.4, -0.2) is 12.8 Å². The van der Waals surface area contributed by atoms with Crippen LogP contribution in [0.15, 0.2) is 78.1 Å². The normalized spacial score (nSPS) is 12.4. The van der Waals surface area contributed by atoms with Crippen molar-refractivity contribution in [2.45, 2.75) is 73.6 Å². The molecule has 1 aromatic rings. The van der Waals surface area contributed by atoms with Crippen molar-refractivity contribution < 1.29 is 4.79 Å². The van der Waals surface area contributed by atoms with Crippen LogP contribution in [0, 0.1) is 0 Å². The molecule has 1 rings (SSSR count). The molecule has 0 bridgehead atoms. The van der Waals surface area contributed by atoms with Gasteiger partial charge in [-0.1, -0.05) is 89.6 Å². The highest BCUT2D eigenvalue weighted by molar-refractivity contribution is 5.97. The van der Waals surface area contributed by atoms with Crippen LogP contribution in [0.1, 0.15) is 78.4 Å². The van der Waals surface area contributed by atoms with Crippen LogP contribution in [0.3, 0.4) is 0 Å². The molecule has 0 heterocycles. The van der Waals surface area contributed by atoms with E-state index in [0.29, 0.717) is 0 Å². The lowest BCUT2D eigenvalue weighted by Gasteiger charge is -2.09. The van der Waals surface area contributed by atoms with Gasteiger partial charge in [-0.3, -0.25) is 4.79 Å². The van der Waals surface area contributed by atoms with E-state index in [4.69, 9.17) is 0 Å². The second-order valence-corrected chi connectivity index (χ2v) is 7.25. The third-order valence-electron chi connectivity index (χ3n) is 4.79. The van der Waals surface area contributed by atoms with Gasteiger partial charge in [-0.25, -0.2) is 0 Å². The number of benzene rings is 1. The molecule has 0 amide bonds. The fourth-order valence-electron chi connectivity index (χ4n) is 3.15. The summed E-state index contributed by atoms with van der Waals surface area (Å²) in [6.45, 7) is 16.2. The summed E-state index contributed by atoms with van der Waals surface area (Å²) in [4.78, 5) is 12.1. The summed E-state index contributed by atoms with van der Waals surface area (Å²) in [5.74, 6) is 0.0698. The minimum Gasteiger partial charge on any atom is -0.391 e. The van der Waals surface area contributed by atoms with E-state index in [0.717, 1.165) is 47.2 Å². The molecular formula is C29H43NO. The van der Waals surface area contributed by atoms with Crippen molar-refractivity contribution in [3.05, 3.63) is 89.2 Å². The summed E-state index contributed by atoms with van der Waals surface area (Å²) < 4.78 is 0. The fourth-order valence-corrected chi connectivity index (χ4v) is 3.15. The Balaban J connectivity index is 0.00000436. The molecule has 2 nitrogen and oxygen atoms in total. The number of aryl methyl sites for hydroxylation is 1. The number of Topliss-reactive ketones (excluding diaryl/α,β-unsaturated/α-hetero) is 1. The smallest absolute Gasteiger partial charge is 0.161 e. The van der Waals surface area contributed by atoms with Gasteiger partial charge in [0.1, 0.15) is 0 Å². The van der Waals surface area contributed by atoms with Crippen LogP contribution in [0.5, 0.6) is 0 Å². The monoisotopic (exact) mass is 421 g/mol. The molecule has 0 aliphatic carbocycles. The number of allylic oxidation sites excluding steroid dienone is 9. The third-order valence-corrected chi connectivity index (χ3v) is 4.79. The Morgan fingerprint density at radius 2 is 1.68 bits per heavy atom. The molecule has 0 radical (unpaired) electrons. The maximum absolute atomic E-state index is 12.1. The van der Waals surface area contributed by atoms with E-state index in [-0.39, 0.29) is 5.78 Å². The van der Waals surface area contributed by atoms with Crippen molar-refractivity contribution >= 4 is 11.4 Å². The maximum Gasteiger partial charge on any atom is 0.161 e. The summed E-state index contributed by atoms with van der Waals surface area (Å²) in [5, 5.41) is 3.18. The van der Waals surface area contributed by atoms with Crippen LogP contribution in [0.25, 0.3) is 5.57 Å². The first-order chi connectivity index (χ1) is 15.0. The van der Waals surface area contributed by atoms with Crippen molar-refractivity contribution in [2.75, 3.05) is 7.05 Å². The topological polar surface area (TPSA) is 29.1 Å². The molecule has 0 aromatic heterocycles. The second-order valence-electron chi connectivity index (χ2n) is 7.25. The Bertz CT molecular complexity index is 789. The van der Waals surface area contributed by atoms with Crippen LogP contribution in [0.2, 0.25) is 0 Å². The standard InChI is InChI=1S/C27H37NO.C2H6/c1-7-10-13-23-14-17-25(18-15-23)21(4)20-24(11-8-2)16-19-26(22(5)29)27(28-6)12-9-3;1-2/h8,11,14-20,28H,4,7,9-10,12-13H2,1-3,5-6H3;1-2H3/b11-8-,19-16+,24-20+,27-26+;. The molecule has 0 unspecified atom stereocenters. The number of hydrogen-bond acceptors (Lipinski definition) is 2. The number of carbonyl (C=O) groups is 1. The number of hydrogen-bond donors (Lipinski definition) is 1.